The van der Waals surface area contributed by atoms with Crippen molar-refractivity contribution < 1.29 is 0 Å². The second kappa shape index (κ2) is 10.9. The van der Waals surface area contributed by atoms with E-state index in [1.54, 1.807) is 0 Å². The molecule has 0 unspecified atom stereocenters. The first-order valence-corrected chi connectivity index (χ1v) is 16.4. The van der Waals surface area contributed by atoms with Crippen molar-refractivity contribution in [1.29, 1.82) is 0 Å². The molecule has 0 fully saturated rings. The van der Waals surface area contributed by atoms with Gasteiger partial charge in [0, 0.05) is 27.5 Å². The summed E-state index contributed by atoms with van der Waals surface area (Å²) in [5, 5.41) is 13.0. The van der Waals surface area contributed by atoms with Gasteiger partial charge in [-0.3, -0.25) is 0 Å². The highest BCUT2D eigenvalue weighted by atomic mass is 15.1. The second-order valence-corrected chi connectivity index (χ2v) is 12.7. The monoisotopic (exact) mass is 599 g/mol. The standard InChI is InChI=1S/C46H33N/c1-30-16-20-32(21-17-30)22-23-33-24-28-36(29-25-33)47(35-26-18-31(2)19-27-35)46-40-11-4-3-10-39(40)44-41-14-6-9-34-8-5-12-37(43(34)41)38-13-7-15-42(46)45(38)44/h3-29H,1-2H3. The van der Waals surface area contributed by atoms with E-state index in [4.69, 9.17) is 0 Å². The van der Waals surface area contributed by atoms with Crippen LogP contribution in [0.2, 0.25) is 0 Å². The van der Waals surface area contributed by atoms with E-state index in [-0.39, 0.29) is 0 Å². The molecule has 0 atom stereocenters. The summed E-state index contributed by atoms with van der Waals surface area (Å²) in [6.45, 7) is 4.28. The van der Waals surface area contributed by atoms with Gasteiger partial charge in [-0.25, -0.2) is 0 Å². The minimum atomic E-state index is 1.13. The lowest BCUT2D eigenvalue weighted by Gasteiger charge is -2.30. The highest BCUT2D eigenvalue weighted by Crippen LogP contribution is 2.50. The maximum atomic E-state index is 2.46. The highest BCUT2D eigenvalue weighted by Gasteiger charge is 2.23. The minimum absolute atomic E-state index is 1.13. The molecule has 0 aliphatic carbocycles. The van der Waals surface area contributed by atoms with E-state index < -0.39 is 0 Å². The quantitative estimate of drug-likeness (QED) is 0.108. The summed E-state index contributed by atoms with van der Waals surface area (Å²) in [5.41, 5.74) is 8.37. The molecule has 0 amide bonds. The van der Waals surface area contributed by atoms with Gasteiger partial charge in [-0.15, -0.1) is 0 Å². The number of nitrogens with zero attached hydrogens (tertiary/aromatic N) is 1. The van der Waals surface area contributed by atoms with Gasteiger partial charge in [0.05, 0.1) is 5.69 Å². The van der Waals surface area contributed by atoms with Crippen molar-refractivity contribution in [3.05, 3.63) is 174 Å². The fraction of sp³-hybridized carbons (Fsp3) is 0.0435. The molecule has 0 bridgehead atoms. The molecular formula is C46H33N. The lowest BCUT2D eigenvalue weighted by atomic mass is 9.86. The smallest absolute Gasteiger partial charge is 0.0619 e. The number of aryl methyl sites for hydroxylation is 2. The Bertz CT molecular complexity index is 2600. The van der Waals surface area contributed by atoms with Gasteiger partial charge in [-0.1, -0.05) is 151 Å². The third kappa shape index (κ3) is 4.47. The van der Waals surface area contributed by atoms with Crippen LogP contribution in [0.1, 0.15) is 22.3 Å². The summed E-state index contributed by atoms with van der Waals surface area (Å²) in [7, 11) is 0. The summed E-state index contributed by atoms with van der Waals surface area (Å²) in [5.74, 6) is 0. The Hall–Kier alpha value is -5.92. The normalized spacial score (nSPS) is 12.0. The molecule has 47 heavy (non-hydrogen) atoms. The van der Waals surface area contributed by atoms with Crippen molar-refractivity contribution in [3.8, 4) is 0 Å². The van der Waals surface area contributed by atoms with E-state index in [0.717, 1.165) is 11.4 Å². The van der Waals surface area contributed by atoms with Crippen molar-refractivity contribution in [3.63, 3.8) is 0 Å². The van der Waals surface area contributed by atoms with Crippen LogP contribution in [-0.4, -0.2) is 0 Å². The molecule has 0 heterocycles. The summed E-state index contributed by atoms with van der Waals surface area (Å²) in [4.78, 5) is 2.46. The Kier molecular flexibility index (Phi) is 6.33. The van der Waals surface area contributed by atoms with Gasteiger partial charge in [0.1, 0.15) is 0 Å². The van der Waals surface area contributed by atoms with E-state index >= 15 is 0 Å². The van der Waals surface area contributed by atoms with E-state index in [1.807, 2.05) is 0 Å². The third-order valence-electron chi connectivity index (χ3n) is 9.70. The zero-order valence-electron chi connectivity index (χ0n) is 26.5. The number of benzene rings is 9. The molecule has 0 aromatic heterocycles. The van der Waals surface area contributed by atoms with Gasteiger partial charge in [0.2, 0.25) is 0 Å². The Morgan fingerprint density at radius 2 is 0.787 bits per heavy atom. The maximum absolute atomic E-state index is 2.46. The molecular weight excluding hydrogens is 567 g/mol. The Morgan fingerprint density at radius 1 is 0.362 bits per heavy atom. The lowest BCUT2D eigenvalue weighted by molar-refractivity contribution is 1.30. The van der Waals surface area contributed by atoms with Crippen molar-refractivity contribution >= 4 is 83.1 Å². The van der Waals surface area contributed by atoms with Crippen LogP contribution < -0.4 is 4.90 Å². The Balaban J connectivity index is 1.33. The fourth-order valence-corrected chi connectivity index (χ4v) is 7.43. The summed E-state index contributed by atoms with van der Waals surface area (Å²) < 4.78 is 0. The van der Waals surface area contributed by atoms with Crippen molar-refractivity contribution in [2.45, 2.75) is 13.8 Å². The van der Waals surface area contributed by atoms with Crippen LogP contribution in [-0.2, 0) is 0 Å². The number of fused-ring (bicyclic) bond motifs is 4. The molecule has 0 radical (unpaired) electrons. The zero-order chi connectivity index (χ0) is 31.5. The second-order valence-electron chi connectivity index (χ2n) is 12.7. The predicted octanol–water partition coefficient (Wildman–Crippen LogP) is 13.1. The molecule has 1 heteroatoms. The molecule has 0 aliphatic rings. The molecule has 9 rings (SSSR count). The van der Waals surface area contributed by atoms with E-state index in [0.29, 0.717) is 0 Å². The number of hydrogen-bond donors (Lipinski definition) is 0. The molecule has 0 saturated carbocycles. The highest BCUT2D eigenvalue weighted by molar-refractivity contribution is 6.40. The molecule has 222 valence electrons. The Morgan fingerprint density at radius 3 is 1.45 bits per heavy atom. The van der Waals surface area contributed by atoms with Crippen LogP contribution >= 0.6 is 0 Å². The number of hydrogen-bond acceptors (Lipinski definition) is 1. The van der Waals surface area contributed by atoms with Crippen LogP contribution in [0.4, 0.5) is 17.1 Å². The molecule has 0 N–H and O–H groups in total. The van der Waals surface area contributed by atoms with Crippen LogP contribution in [0.5, 0.6) is 0 Å². The molecule has 0 spiro atoms. The van der Waals surface area contributed by atoms with Gasteiger partial charge < -0.3 is 4.90 Å². The first-order chi connectivity index (χ1) is 23.1. The first-order valence-electron chi connectivity index (χ1n) is 16.4. The zero-order valence-corrected chi connectivity index (χ0v) is 26.5. The average Bonchev–Trinajstić information content (AvgIpc) is 3.12. The topological polar surface area (TPSA) is 3.24 Å². The molecule has 9 aromatic rings. The van der Waals surface area contributed by atoms with Crippen molar-refractivity contribution in [2.75, 3.05) is 4.90 Å². The van der Waals surface area contributed by atoms with Gasteiger partial charge in [0.25, 0.3) is 0 Å². The largest absolute Gasteiger partial charge is 0.309 e. The lowest BCUT2D eigenvalue weighted by Crippen LogP contribution is -2.11. The predicted molar refractivity (Wildman–Crippen MR) is 205 cm³/mol. The molecule has 9 aromatic carbocycles. The van der Waals surface area contributed by atoms with Gasteiger partial charge in [0.15, 0.2) is 0 Å². The minimum Gasteiger partial charge on any atom is -0.309 e. The van der Waals surface area contributed by atoms with E-state index in [2.05, 4.69) is 183 Å². The van der Waals surface area contributed by atoms with E-state index in [9.17, 15) is 0 Å². The summed E-state index contributed by atoms with van der Waals surface area (Å²) in [6.07, 6.45) is 4.38. The SMILES string of the molecule is Cc1ccc(C=Cc2ccc(N(c3ccc(C)cc3)c3c4ccccc4c4c5cccc6cccc(c7cccc3c74)c65)cc2)cc1. The van der Waals surface area contributed by atoms with Gasteiger partial charge in [-0.05, 0) is 86.9 Å². The van der Waals surface area contributed by atoms with Crippen LogP contribution in [0.25, 0.3) is 66.0 Å². The summed E-state index contributed by atoms with van der Waals surface area (Å²) in [6, 6.07) is 55.9. The number of anilines is 3. The molecule has 0 saturated heterocycles. The fourth-order valence-electron chi connectivity index (χ4n) is 7.43. The average molecular weight is 600 g/mol. The van der Waals surface area contributed by atoms with E-state index in [1.165, 1.54) is 81.8 Å². The summed E-state index contributed by atoms with van der Waals surface area (Å²) >= 11 is 0. The maximum Gasteiger partial charge on any atom is 0.0619 e. The third-order valence-corrected chi connectivity index (χ3v) is 9.70. The molecule has 1 nitrogen and oxygen atoms in total. The van der Waals surface area contributed by atoms with Gasteiger partial charge in [-0.2, -0.15) is 0 Å². The molecule has 0 aliphatic heterocycles. The van der Waals surface area contributed by atoms with Crippen LogP contribution in [0, 0.1) is 13.8 Å². The van der Waals surface area contributed by atoms with Crippen LogP contribution in [0.3, 0.4) is 0 Å². The Labute approximate surface area is 275 Å². The van der Waals surface area contributed by atoms with Gasteiger partial charge >= 0.3 is 0 Å². The van der Waals surface area contributed by atoms with Crippen molar-refractivity contribution in [2.24, 2.45) is 0 Å². The van der Waals surface area contributed by atoms with Crippen molar-refractivity contribution in [1.82, 2.24) is 0 Å². The van der Waals surface area contributed by atoms with Crippen LogP contribution in [0.15, 0.2) is 152 Å². The number of rotatable bonds is 5. The first kappa shape index (κ1) is 27.4.